The van der Waals surface area contributed by atoms with Crippen LogP contribution in [0.15, 0.2) is 103 Å². The van der Waals surface area contributed by atoms with Gasteiger partial charge in [-0.05, 0) is 36.4 Å². The maximum absolute atomic E-state index is 2.27. The molecule has 0 amide bonds. The van der Waals surface area contributed by atoms with E-state index in [1.54, 1.807) is 0 Å². The lowest BCUT2D eigenvalue weighted by Gasteiger charge is -2.18. The normalized spacial score (nSPS) is 12.4. The summed E-state index contributed by atoms with van der Waals surface area (Å²) in [6, 6.07) is 28.4. The zero-order valence-electron chi connectivity index (χ0n) is 11.7. The smallest absolute Gasteiger partial charge is 0.180 e. The first kappa shape index (κ1) is 17.4. The maximum atomic E-state index is 2.27. The molecule has 4 heteroatoms. The van der Waals surface area contributed by atoms with Crippen LogP contribution in [0.25, 0.3) is 0 Å². The summed E-state index contributed by atoms with van der Waals surface area (Å²) < 4.78 is 0. The summed E-state index contributed by atoms with van der Waals surface area (Å²) in [5, 5.41) is 0. The molecule has 0 unspecified atom stereocenters. The van der Waals surface area contributed by atoms with Crippen LogP contribution in [0.5, 0.6) is 0 Å². The van der Waals surface area contributed by atoms with Crippen molar-refractivity contribution >= 4 is 36.2 Å². The fraction of sp³-hybridized carbons (Fsp3) is 0. The molecule has 0 bridgehead atoms. The van der Waals surface area contributed by atoms with E-state index in [4.69, 9.17) is 0 Å². The van der Waals surface area contributed by atoms with Crippen molar-refractivity contribution in [3.63, 3.8) is 0 Å². The quantitative estimate of drug-likeness (QED) is 0.468. The first-order valence-electron chi connectivity index (χ1n) is 6.59. The first-order chi connectivity index (χ1) is 9.93. The van der Waals surface area contributed by atoms with Crippen LogP contribution in [-0.4, -0.2) is 0 Å². The highest BCUT2D eigenvalue weighted by Gasteiger charge is 2.37. The molecule has 3 aromatic rings. The molecular formula is C18H15ClS3. The fourth-order valence-corrected chi connectivity index (χ4v) is 6.21. The Morgan fingerprint density at radius 3 is 1.59 bits per heavy atom. The molecule has 0 saturated carbocycles. The predicted octanol–water partition coefficient (Wildman–Crippen LogP) is 2.36. The molecule has 22 heavy (non-hydrogen) atoms. The fourth-order valence-electron chi connectivity index (χ4n) is 2.45. The SMILES string of the molecule is S.[Cl-].c1ccc([S+]2c3ccccc3Sc3ccccc32)cc1. The highest BCUT2D eigenvalue weighted by Crippen LogP contribution is 2.47. The van der Waals surface area contributed by atoms with E-state index in [1.165, 1.54) is 24.5 Å². The lowest BCUT2D eigenvalue weighted by Crippen LogP contribution is -3.00. The Morgan fingerprint density at radius 2 is 1.05 bits per heavy atom. The van der Waals surface area contributed by atoms with Gasteiger partial charge in [-0.3, -0.25) is 0 Å². The minimum atomic E-state index is 0. The average Bonchev–Trinajstić information content (AvgIpc) is 2.53. The first-order valence-corrected chi connectivity index (χ1v) is 8.63. The summed E-state index contributed by atoms with van der Waals surface area (Å²) in [5.41, 5.74) is 0. The standard InChI is InChI=1S/C18H13S2.ClH.H2S/c1-2-8-14(9-3-1)20-17-12-6-4-10-15(17)19-16-11-5-7-13-18(16)20;;/h1-13H;1H;1H2/q+1;;/p-1. The summed E-state index contributed by atoms with van der Waals surface area (Å²) in [4.78, 5) is 7.06. The summed E-state index contributed by atoms with van der Waals surface area (Å²) in [6.45, 7) is 0. The second-order valence-corrected chi connectivity index (χ2v) is 7.66. The third-order valence-corrected chi connectivity index (χ3v) is 7.08. The Bertz CT molecular complexity index is 714. The van der Waals surface area contributed by atoms with Crippen LogP contribution in [-0.2, 0) is 10.9 Å². The second-order valence-electron chi connectivity index (χ2n) is 4.61. The van der Waals surface area contributed by atoms with Crippen LogP contribution in [0.2, 0.25) is 0 Å². The average molecular weight is 363 g/mol. The van der Waals surface area contributed by atoms with Crippen molar-refractivity contribution in [1.29, 1.82) is 0 Å². The molecule has 4 rings (SSSR count). The van der Waals surface area contributed by atoms with Crippen molar-refractivity contribution in [1.82, 2.24) is 0 Å². The Labute approximate surface area is 151 Å². The molecule has 0 N–H and O–H groups in total. The molecule has 0 fully saturated rings. The van der Waals surface area contributed by atoms with Crippen molar-refractivity contribution in [2.24, 2.45) is 0 Å². The Balaban J connectivity index is 0.000000882. The number of fused-ring (bicyclic) bond motifs is 2. The summed E-state index contributed by atoms with van der Waals surface area (Å²) in [7, 11) is 0.0212. The van der Waals surface area contributed by atoms with Crippen LogP contribution < -0.4 is 12.4 Å². The van der Waals surface area contributed by atoms with Gasteiger partial charge >= 0.3 is 0 Å². The molecule has 0 atom stereocenters. The maximum Gasteiger partial charge on any atom is 0.180 e. The Kier molecular flexibility index (Phi) is 5.93. The molecule has 1 aliphatic heterocycles. The van der Waals surface area contributed by atoms with E-state index in [0.29, 0.717) is 0 Å². The molecular weight excluding hydrogens is 348 g/mol. The van der Waals surface area contributed by atoms with Gasteiger partial charge in [0, 0.05) is 0 Å². The third-order valence-electron chi connectivity index (χ3n) is 3.34. The van der Waals surface area contributed by atoms with Gasteiger partial charge in [0.1, 0.15) is 10.9 Å². The summed E-state index contributed by atoms with van der Waals surface area (Å²) >= 11 is 1.89. The Hall–Kier alpha value is -1.00. The van der Waals surface area contributed by atoms with Crippen LogP contribution >= 0.6 is 25.3 Å². The lowest BCUT2D eigenvalue weighted by atomic mass is 10.3. The van der Waals surface area contributed by atoms with Crippen LogP contribution in [0.3, 0.4) is 0 Å². The molecule has 0 aromatic heterocycles. The molecule has 0 aliphatic carbocycles. The van der Waals surface area contributed by atoms with Crippen LogP contribution in [0.4, 0.5) is 0 Å². The van der Waals surface area contributed by atoms with E-state index in [9.17, 15) is 0 Å². The van der Waals surface area contributed by atoms with Gasteiger partial charge in [-0.2, -0.15) is 13.5 Å². The largest absolute Gasteiger partial charge is 1.00 e. The van der Waals surface area contributed by atoms with Crippen LogP contribution in [0.1, 0.15) is 0 Å². The molecule has 0 saturated heterocycles. The van der Waals surface area contributed by atoms with Crippen molar-refractivity contribution in [3.8, 4) is 0 Å². The zero-order chi connectivity index (χ0) is 13.4. The highest BCUT2D eigenvalue weighted by atomic mass is 35.5. The lowest BCUT2D eigenvalue weighted by molar-refractivity contribution is -0.00000395. The van der Waals surface area contributed by atoms with Gasteiger partial charge in [0.05, 0.1) is 9.79 Å². The highest BCUT2D eigenvalue weighted by molar-refractivity contribution is 8.04. The molecule has 0 radical (unpaired) electrons. The third kappa shape index (κ3) is 3.04. The van der Waals surface area contributed by atoms with E-state index < -0.39 is 0 Å². The predicted molar refractivity (Wildman–Crippen MR) is 96.0 cm³/mol. The van der Waals surface area contributed by atoms with E-state index in [2.05, 4.69) is 78.9 Å². The number of rotatable bonds is 1. The number of benzene rings is 3. The van der Waals surface area contributed by atoms with Gasteiger partial charge < -0.3 is 12.4 Å². The molecule has 0 spiro atoms. The number of hydrogen-bond donors (Lipinski definition) is 0. The monoisotopic (exact) mass is 362 g/mol. The Morgan fingerprint density at radius 1 is 0.591 bits per heavy atom. The number of halogens is 1. The minimum Gasteiger partial charge on any atom is -1.00 e. The van der Waals surface area contributed by atoms with Crippen molar-refractivity contribution in [2.75, 3.05) is 0 Å². The topological polar surface area (TPSA) is 0 Å². The van der Waals surface area contributed by atoms with Crippen molar-refractivity contribution in [2.45, 2.75) is 24.5 Å². The minimum absolute atomic E-state index is 0. The van der Waals surface area contributed by atoms with Gasteiger partial charge in [-0.25, -0.2) is 0 Å². The van der Waals surface area contributed by atoms with Gasteiger partial charge in [0.25, 0.3) is 0 Å². The van der Waals surface area contributed by atoms with Gasteiger partial charge in [0.2, 0.25) is 0 Å². The summed E-state index contributed by atoms with van der Waals surface area (Å²) in [5.74, 6) is 0. The van der Waals surface area contributed by atoms with E-state index in [1.807, 2.05) is 11.8 Å². The molecule has 1 heterocycles. The number of hydrogen-bond acceptors (Lipinski definition) is 1. The van der Waals surface area contributed by atoms with Crippen LogP contribution in [0, 0.1) is 0 Å². The summed E-state index contributed by atoms with van der Waals surface area (Å²) in [6.07, 6.45) is 0. The van der Waals surface area contributed by atoms with E-state index in [0.717, 1.165) is 0 Å². The van der Waals surface area contributed by atoms with Gasteiger partial charge in [0.15, 0.2) is 14.7 Å². The molecule has 3 aromatic carbocycles. The molecule has 1 aliphatic rings. The van der Waals surface area contributed by atoms with Crippen molar-refractivity contribution < 1.29 is 12.4 Å². The van der Waals surface area contributed by atoms with Gasteiger partial charge in [-0.15, -0.1) is 0 Å². The van der Waals surface area contributed by atoms with Crippen molar-refractivity contribution in [3.05, 3.63) is 78.9 Å². The zero-order valence-corrected chi connectivity index (χ0v) is 15.1. The van der Waals surface area contributed by atoms with E-state index >= 15 is 0 Å². The molecule has 112 valence electrons. The second kappa shape index (κ2) is 7.51. The van der Waals surface area contributed by atoms with Gasteiger partial charge in [-0.1, -0.05) is 54.2 Å². The molecule has 0 nitrogen and oxygen atoms in total. The van der Waals surface area contributed by atoms with E-state index in [-0.39, 0.29) is 36.8 Å².